The second kappa shape index (κ2) is 8.80. The number of fused-ring (bicyclic) bond motifs is 1. The van der Waals surface area contributed by atoms with Crippen molar-refractivity contribution < 1.29 is 14.6 Å². The number of carbonyl (C=O) groups excluding carboxylic acids is 1. The SMILES string of the molecule is Cc1cccc2sc(Nc3ncnc(NNC(=O)c4ccc([N+](=O)[O-])cc4)c3[N+](=O)[O-])nc12. The molecule has 0 fully saturated rings. The number of para-hydroxylation sites is 1. The summed E-state index contributed by atoms with van der Waals surface area (Å²) in [6, 6.07) is 10.5. The summed E-state index contributed by atoms with van der Waals surface area (Å²) in [5, 5.41) is 25.7. The van der Waals surface area contributed by atoms with Crippen molar-refractivity contribution >= 4 is 55.6 Å². The lowest BCUT2D eigenvalue weighted by molar-refractivity contribution is -0.384. The van der Waals surface area contributed by atoms with E-state index in [1.165, 1.54) is 35.6 Å². The maximum Gasteiger partial charge on any atom is 0.355 e. The lowest BCUT2D eigenvalue weighted by Crippen LogP contribution is -2.30. The number of non-ortho nitro benzene ring substituents is 1. The van der Waals surface area contributed by atoms with Crippen LogP contribution in [0.2, 0.25) is 0 Å². The van der Waals surface area contributed by atoms with Crippen molar-refractivity contribution in [3.63, 3.8) is 0 Å². The van der Waals surface area contributed by atoms with Gasteiger partial charge in [0.2, 0.25) is 11.6 Å². The van der Waals surface area contributed by atoms with Gasteiger partial charge >= 0.3 is 5.69 Å². The fourth-order valence-corrected chi connectivity index (χ4v) is 3.84. The van der Waals surface area contributed by atoms with Crippen LogP contribution in [-0.2, 0) is 0 Å². The first kappa shape index (κ1) is 21.5. The highest BCUT2D eigenvalue weighted by molar-refractivity contribution is 7.22. The number of nitrogens with zero attached hydrogens (tertiary/aromatic N) is 5. The lowest BCUT2D eigenvalue weighted by Gasteiger charge is -2.10. The fraction of sp³-hybridized carbons (Fsp3) is 0.0526. The Morgan fingerprint density at radius 2 is 1.73 bits per heavy atom. The number of thiazole rings is 1. The molecule has 0 aliphatic carbocycles. The molecule has 33 heavy (non-hydrogen) atoms. The zero-order chi connectivity index (χ0) is 23.5. The number of nitrogens with one attached hydrogen (secondary N) is 3. The van der Waals surface area contributed by atoms with Gasteiger partial charge in [-0.25, -0.2) is 15.0 Å². The third-order valence-corrected chi connectivity index (χ3v) is 5.42. The van der Waals surface area contributed by atoms with E-state index in [2.05, 4.69) is 31.1 Å². The van der Waals surface area contributed by atoms with E-state index < -0.39 is 21.4 Å². The summed E-state index contributed by atoms with van der Waals surface area (Å²) in [5.41, 5.74) is 5.86. The Bertz CT molecular complexity index is 1390. The first-order valence-electron chi connectivity index (χ1n) is 9.27. The summed E-state index contributed by atoms with van der Waals surface area (Å²) in [5.74, 6) is -1.04. The van der Waals surface area contributed by atoms with Gasteiger partial charge in [-0.05, 0) is 30.7 Å². The topological polar surface area (TPSA) is 178 Å². The zero-order valence-electron chi connectivity index (χ0n) is 16.8. The fourth-order valence-electron chi connectivity index (χ4n) is 2.90. The van der Waals surface area contributed by atoms with E-state index in [0.717, 1.165) is 22.1 Å². The van der Waals surface area contributed by atoms with Crippen LogP contribution in [0.5, 0.6) is 0 Å². The molecule has 0 aliphatic rings. The number of nitro benzene ring substituents is 1. The van der Waals surface area contributed by atoms with Crippen molar-refractivity contribution in [2.75, 3.05) is 10.7 Å². The van der Waals surface area contributed by atoms with Crippen LogP contribution in [0, 0.1) is 27.2 Å². The van der Waals surface area contributed by atoms with Crippen LogP contribution in [-0.4, -0.2) is 30.7 Å². The van der Waals surface area contributed by atoms with E-state index in [0.29, 0.717) is 5.13 Å². The van der Waals surface area contributed by atoms with Crippen LogP contribution in [0.3, 0.4) is 0 Å². The van der Waals surface area contributed by atoms with Crippen molar-refractivity contribution in [2.24, 2.45) is 0 Å². The van der Waals surface area contributed by atoms with E-state index >= 15 is 0 Å². The van der Waals surface area contributed by atoms with Gasteiger partial charge in [-0.3, -0.25) is 35.9 Å². The highest BCUT2D eigenvalue weighted by atomic mass is 32.1. The average molecular weight is 466 g/mol. The standard InChI is InChI=1S/C19H14N8O5S/c1-10-3-2-4-13-14(10)22-19(33-13)23-16-15(27(31)32)17(21-9-20-16)24-25-18(28)11-5-7-12(8-6-11)26(29)30/h2-9H,1H3,(H,25,28)(H2,20,21,22,23,24). The number of nitro groups is 2. The second-order valence-corrected chi connectivity index (χ2v) is 7.66. The van der Waals surface area contributed by atoms with Crippen LogP contribution in [0.25, 0.3) is 10.2 Å². The number of hydrazine groups is 1. The molecule has 4 aromatic rings. The molecule has 3 N–H and O–H groups in total. The number of aryl methyl sites for hydroxylation is 1. The molecule has 0 saturated heterocycles. The summed E-state index contributed by atoms with van der Waals surface area (Å²) < 4.78 is 0.905. The minimum Gasteiger partial charge on any atom is -0.310 e. The van der Waals surface area contributed by atoms with Crippen LogP contribution in [0.1, 0.15) is 15.9 Å². The van der Waals surface area contributed by atoms with Gasteiger partial charge in [-0.2, -0.15) is 0 Å². The van der Waals surface area contributed by atoms with Gasteiger partial charge in [-0.1, -0.05) is 23.5 Å². The lowest BCUT2D eigenvalue weighted by atomic mass is 10.2. The first-order valence-corrected chi connectivity index (χ1v) is 10.1. The minimum atomic E-state index is -0.693. The minimum absolute atomic E-state index is 0.105. The molecule has 14 heteroatoms. The monoisotopic (exact) mass is 466 g/mol. The Balaban J connectivity index is 1.55. The molecule has 0 atom stereocenters. The molecule has 0 radical (unpaired) electrons. The molecule has 0 bridgehead atoms. The predicted molar refractivity (Wildman–Crippen MR) is 121 cm³/mol. The number of carbonyl (C=O) groups is 1. The number of hydrogen-bond donors (Lipinski definition) is 3. The van der Waals surface area contributed by atoms with Crippen molar-refractivity contribution in [3.05, 3.63) is 80.1 Å². The van der Waals surface area contributed by atoms with E-state index in [1.807, 2.05) is 25.1 Å². The van der Waals surface area contributed by atoms with E-state index in [1.54, 1.807) is 0 Å². The maximum absolute atomic E-state index is 12.3. The first-order chi connectivity index (χ1) is 15.8. The molecule has 4 rings (SSSR count). The third-order valence-electron chi connectivity index (χ3n) is 4.49. The number of benzene rings is 2. The highest BCUT2D eigenvalue weighted by Gasteiger charge is 2.24. The molecule has 0 spiro atoms. The molecule has 2 heterocycles. The molecule has 0 unspecified atom stereocenters. The van der Waals surface area contributed by atoms with Crippen molar-refractivity contribution in [1.82, 2.24) is 20.4 Å². The van der Waals surface area contributed by atoms with Gasteiger partial charge in [-0.15, -0.1) is 0 Å². The van der Waals surface area contributed by atoms with Gasteiger partial charge < -0.3 is 5.32 Å². The van der Waals surface area contributed by atoms with Gasteiger partial charge in [0.15, 0.2) is 5.13 Å². The smallest absolute Gasteiger partial charge is 0.310 e. The Morgan fingerprint density at radius 3 is 2.39 bits per heavy atom. The van der Waals surface area contributed by atoms with Gasteiger partial charge in [0.1, 0.15) is 6.33 Å². The molecule has 13 nitrogen and oxygen atoms in total. The molecule has 0 aliphatic heterocycles. The van der Waals surface area contributed by atoms with Gasteiger partial charge in [0, 0.05) is 17.7 Å². The van der Waals surface area contributed by atoms with Crippen LogP contribution >= 0.6 is 11.3 Å². The molecule has 0 saturated carbocycles. The molecule has 166 valence electrons. The van der Waals surface area contributed by atoms with Crippen LogP contribution < -0.4 is 16.2 Å². The summed E-state index contributed by atoms with van der Waals surface area (Å²) in [4.78, 5) is 45.7. The largest absolute Gasteiger partial charge is 0.355 e. The zero-order valence-corrected chi connectivity index (χ0v) is 17.6. The predicted octanol–water partition coefficient (Wildman–Crippen LogP) is 3.71. The van der Waals surface area contributed by atoms with Crippen LogP contribution in [0.4, 0.5) is 28.1 Å². The van der Waals surface area contributed by atoms with Crippen LogP contribution in [0.15, 0.2) is 48.8 Å². The van der Waals surface area contributed by atoms with Crippen molar-refractivity contribution in [3.8, 4) is 0 Å². The van der Waals surface area contributed by atoms with Gasteiger partial charge in [0.25, 0.3) is 11.6 Å². The summed E-state index contributed by atoms with van der Waals surface area (Å²) >= 11 is 1.31. The summed E-state index contributed by atoms with van der Waals surface area (Å²) in [7, 11) is 0. The molecular formula is C19H14N8O5S. The number of rotatable bonds is 7. The van der Waals surface area contributed by atoms with E-state index in [9.17, 15) is 25.0 Å². The summed E-state index contributed by atoms with van der Waals surface area (Å²) in [6.07, 6.45) is 1.09. The number of amides is 1. The molecule has 2 aromatic carbocycles. The molecule has 2 aromatic heterocycles. The Hall–Kier alpha value is -4.72. The van der Waals surface area contributed by atoms with Gasteiger partial charge in [0.05, 0.1) is 20.1 Å². The third kappa shape index (κ3) is 4.49. The number of hydrogen-bond acceptors (Lipinski definition) is 11. The van der Waals surface area contributed by atoms with Crippen molar-refractivity contribution in [2.45, 2.75) is 6.92 Å². The quantitative estimate of drug-likeness (QED) is 0.268. The molecular weight excluding hydrogens is 452 g/mol. The average Bonchev–Trinajstić information content (AvgIpc) is 3.21. The molecule has 1 amide bonds. The summed E-state index contributed by atoms with van der Waals surface area (Å²) in [6.45, 7) is 1.91. The Morgan fingerprint density at radius 1 is 1.00 bits per heavy atom. The number of anilines is 3. The number of aromatic nitrogens is 3. The van der Waals surface area contributed by atoms with E-state index in [4.69, 9.17) is 0 Å². The Kier molecular flexibility index (Phi) is 5.73. The second-order valence-electron chi connectivity index (χ2n) is 6.63. The van der Waals surface area contributed by atoms with E-state index in [-0.39, 0.29) is 22.9 Å². The maximum atomic E-state index is 12.3. The highest BCUT2D eigenvalue weighted by Crippen LogP contribution is 2.34. The van der Waals surface area contributed by atoms with Crippen molar-refractivity contribution in [1.29, 1.82) is 0 Å². The normalized spacial score (nSPS) is 10.6. The Labute approximate surface area is 188 Å².